The van der Waals surface area contributed by atoms with E-state index in [0.717, 1.165) is 39.5 Å². The van der Waals surface area contributed by atoms with Crippen LogP contribution in [0.2, 0.25) is 0 Å². The number of fused-ring (bicyclic) bond motifs is 1. The number of aromatic nitrogens is 2. The number of amides is 2. The second-order valence-corrected chi connectivity index (χ2v) is 9.52. The quantitative estimate of drug-likeness (QED) is 0.312. The molecule has 1 aliphatic rings. The number of hydrogen-bond acceptors (Lipinski definition) is 5. The van der Waals surface area contributed by atoms with Crippen molar-refractivity contribution in [2.45, 2.75) is 38.0 Å². The Bertz CT molecular complexity index is 1720. The van der Waals surface area contributed by atoms with Crippen LogP contribution in [0, 0.1) is 0 Å². The predicted molar refractivity (Wildman–Crippen MR) is 131 cm³/mol. The standard InChI is InChI=1S/C27H19F6N3O5/c1-25(22(37)34-23(38)41-25)13-15-3-2-4-16(11-15)14-35-21-12-17(26(28,29)30)5-10-20(21)36(24(35)39)18-6-8-19(9-7-18)40-27(31,32)33/h2-12H,13-14H2,1H3,(H,34,37,38)/t25-/m1/s1. The van der Waals surface area contributed by atoms with Gasteiger partial charge in [-0.3, -0.25) is 19.2 Å². The van der Waals surface area contributed by atoms with Crippen molar-refractivity contribution >= 4 is 23.0 Å². The second kappa shape index (κ2) is 9.71. The smallest absolute Gasteiger partial charge is 0.432 e. The minimum atomic E-state index is -4.93. The third kappa shape index (κ3) is 5.62. The first kappa shape index (κ1) is 27.8. The summed E-state index contributed by atoms with van der Waals surface area (Å²) < 4.78 is 89.5. The normalized spacial score (nSPS) is 17.5. The van der Waals surface area contributed by atoms with Crippen molar-refractivity contribution in [1.82, 2.24) is 14.5 Å². The Morgan fingerprint density at radius 2 is 1.56 bits per heavy atom. The fourth-order valence-corrected chi connectivity index (χ4v) is 4.66. The van der Waals surface area contributed by atoms with Crippen LogP contribution in [0.1, 0.15) is 23.6 Å². The van der Waals surface area contributed by atoms with E-state index in [9.17, 15) is 40.7 Å². The highest BCUT2D eigenvalue weighted by atomic mass is 19.4. The number of imidazole rings is 1. The van der Waals surface area contributed by atoms with Crippen LogP contribution in [0.15, 0.2) is 71.5 Å². The van der Waals surface area contributed by atoms with E-state index < -0.39 is 47.1 Å². The van der Waals surface area contributed by atoms with Gasteiger partial charge in [0.05, 0.1) is 28.8 Å². The van der Waals surface area contributed by atoms with Gasteiger partial charge in [0.2, 0.25) is 0 Å². The van der Waals surface area contributed by atoms with Crippen LogP contribution < -0.4 is 15.7 Å². The zero-order valence-electron chi connectivity index (χ0n) is 21.0. The monoisotopic (exact) mass is 579 g/mol. The SMILES string of the molecule is C[C@]1(Cc2cccc(Cn3c(=O)n(-c4ccc(OC(F)(F)F)cc4)c4ccc(C(F)(F)F)cc43)c2)OC(=O)NC1=O. The molecule has 8 nitrogen and oxygen atoms in total. The Morgan fingerprint density at radius 1 is 0.878 bits per heavy atom. The zero-order chi connectivity index (χ0) is 29.7. The number of alkyl halides is 6. The second-order valence-electron chi connectivity index (χ2n) is 9.52. The number of nitrogens with zero attached hydrogens (tertiary/aromatic N) is 2. The summed E-state index contributed by atoms with van der Waals surface area (Å²) in [6.45, 7) is 1.25. The van der Waals surface area contributed by atoms with Gasteiger partial charge < -0.3 is 9.47 Å². The van der Waals surface area contributed by atoms with E-state index in [4.69, 9.17) is 4.74 Å². The molecule has 1 saturated heterocycles. The number of nitrogens with one attached hydrogen (secondary N) is 1. The summed E-state index contributed by atoms with van der Waals surface area (Å²) in [5, 5.41) is 2.06. The van der Waals surface area contributed by atoms with Crippen molar-refractivity contribution in [2.75, 3.05) is 0 Å². The molecule has 14 heteroatoms. The van der Waals surface area contributed by atoms with Crippen molar-refractivity contribution in [2.24, 2.45) is 0 Å². The number of imide groups is 1. The van der Waals surface area contributed by atoms with Crippen LogP contribution >= 0.6 is 0 Å². The average molecular weight is 579 g/mol. The van der Waals surface area contributed by atoms with Crippen LogP contribution in [-0.2, 0) is 28.7 Å². The van der Waals surface area contributed by atoms with E-state index in [0.29, 0.717) is 11.1 Å². The highest BCUT2D eigenvalue weighted by molar-refractivity contribution is 6.02. The Labute approximate surface area is 226 Å². The largest absolute Gasteiger partial charge is 0.573 e. The molecule has 214 valence electrons. The van der Waals surface area contributed by atoms with Crippen LogP contribution in [0.5, 0.6) is 5.75 Å². The van der Waals surface area contributed by atoms with Gasteiger partial charge in [-0.25, -0.2) is 9.59 Å². The molecule has 4 aromatic rings. The first-order valence-electron chi connectivity index (χ1n) is 11.9. The molecule has 1 aromatic heterocycles. The maximum absolute atomic E-state index is 13.6. The summed E-state index contributed by atoms with van der Waals surface area (Å²) in [6, 6.07) is 13.6. The van der Waals surface area contributed by atoms with Crippen molar-refractivity contribution < 1.29 is 45.4 Å². The highest BCUT2D eigenvalue weighted by Gasteiger charge is 2.44. The van der Waals surface area contributed by atoms with Gasteiger partial charge in [0.15, 0.2) is 5.60 Å². The molecule has 0 unspecified atom stereocenters. The molecule has 0 bridgehead atoms. The lowest BCUT2D eigenvalue weighted by Gasteiger charge is -2.19. The molecule has 0 aliphatic carbocycles. The number of ether oxygens (including phenoxy) is 2. The lowest BCUT2D eigenvalue weighted by Crippen LogP contribution is -2.38. The molecule has 0 radical (unpaired) electrons. The van der Waals surface area contributed by atoms with Gasteiger partial charge in [-0.05, 0) is 60.5 Å². The van der Waals surface area contributed by atoms with Gasteiger partial charge in [0.1, 0.15) is 5.75 Å². The summed E-state index contributed by atoms with van der Waals surface area (Å²) in [4.78, 5) is 37.2. The molecule has 5 rings (SSSR count). The summed E-state index contributed by atoms with van der Waals surface area (Å²) in [5.41, 5.74) is -2.04. The number of carbonyl (C=O) groups is 2. The minimum absolute atomic E-state index is 0.000358. The Kier molecular flexibility index (Phi) is 6.59. The summed E-state index contributed by atoms with van der Waals surface area (Å²) in [5.74, 6) is -1.16. The maximum Gasteiger partial charge on any atom is 0.573 e. The average Bonchev–Trinajstić information content (AvgIpc) is 3.28. The first-order chi connectivity index (χ1) is 19.1. The fourth-order valence-electron chi connectivity index (χ4n) is 4.66. The van der Waals surface area contributed by atoms with E-state index in [2.05, 4.69) is 10.1 Å². The van der Waals surface area contributed by atoms with E-state index in [-0.39, 0.29) is 29.7 Å². The van der Waals surface area contributed by atoms with E-state index in [1.165, 1.54) is 19.1 Å². The van der Waals surface area contributed by atoms with Crippen molar-refractivity contribution in [1.29, 1.82) is 0 Å². The number of cyclic esters (lactones) is 1. The van der Waals surface area contributed by atoms with Crippen LogP contribution in [0.4, 0.5) is 31.1 Å². The van der Waals surface area contributed by atoms with Crippen LogP contribution in [0.3, 0.4) is 0 Å². The van der Waals surface area contributed by atoms with Gasteiger partial charge in [-0.2, -0.15) is 13.2 Å². The van der Waals surface area contributed by atoms with Gasteiger partial charge >= 0.3 is 24.3 Å². The van der Waals surface area contributed by atoms with Crippen LogP contribution in [-0.4, -0.2) is 33.1 Å². The highest BCUT2D eigenvalue weighted by Crippen LogP contribution is 2.32. The summed E-state index contributed by atoms with van der Waals surface area (Å²) in [6.07, 6.45) is -10.5. The minimum Gasteiger partial charge on any atom is -0.432 e. The number of benzene rings is 3. The molecule has 1 aliphatic heterocycles. The molecular weight excluding hydrogens is 560 g/mol. The molecular formula is C27H19F6N3O5. The topological polar surface area (TPSA) is 91.6 Å². The third-order valence-corrected chi connectivity index (χ3v) is 6.47. The summed E-state index contributed by atoms with van der Waals surface area (Å²) >= 11 is 0. The number of rotatable bonds is 6. The molecule has 41 heavy (non-hydrogen) atoms. The Balaban J connectivity index is 1.56. The van der Waals surface area contributed by atoms with Crippen molar-refractivity contribution in [3.05, 3.63) is 93.9 Å². The molecule has 1 fully saturated rings. The molecule has 3 aromatic carbocycles. The summed E-state index contributed by atoms with van der Waals surface area (Å²) in [7, 11) is 0. The molecule has 1 atom stereocenters. The van der Waals surface area contributed by atoms with Gasteiger partial charge in [0, 0.05) is 6.42 Å². The Morgan fingerprint density at radius 3 is 2.17 bits per heavy atom. The lowest BCUT2D eigenvalue weighted by molar-refractivity contribution is -0.274. The van der Waals surface area contributed by atoms with Crippen molar-refractivity contribution in [3.8, 4) is 11.4 Å². The number of carbonyl (C=O) groups excluding carboxylic acids is 2. The van der Waals surface area contributed by atoms with Gasteiger partial charge in [-0.15, -0.1) is 13.2 Å². The fraction of sp³-hybridized carbons (Fsp3) is 0.222. The first-order valence-corrected chi connectivity index (χ1v) is 11.9. The predicted octanol–water partition coefficient (Wildman–Crippen LogP) is 5.33. The molecule has 2 amide bonds. The molecule has 1 N–H and O–H groups in total. The van der Waals surface area contributed by atoms with Gasteiger partial charge in [-0.1, -0.05) is 24.3 Å². The van der Waals surface area contributed by atoms with Crippen molar-refractivity contribution in [3.63, 3.8) is 0 Å². The molecule has 2 heterocycles. The number of alkyl carbamates (subject to hydrolysis) is 1. The van der Waals surface area contributed by atoms with Crippen LogP contribution in [0.25, 0.3) is 16.7 Å². The third-order valence-electron chi connectivity index (χ3n) is 6.47. The van der Waals surface area contributed by atoms with Gasteiger partial charge in [0.25, 0.3) is 5.91 Å². The molecule has 0 spiro atoms. The number of halogens is 6. The number of hydrogen-bond donors (Lipinski definition) is 1. The Hall–Kier alpha value is -4.75. The lowest BCUT2D eigenvalue weighted by atomic mass is 9.95. The zero-order valence-corrected chi connectivity index (χ0v) is 21.0. The molecule has 0 saturated carbocycles. The van der Waals surface area contributed by atoms with E-state index in [1.807, 2.05) is 0 Å². The van der Waals surface area contributed by atoms with E-state index in [1.54, 1.807) is 24.3 Å². The maximum atomic E-state index is 13.6. The van der Waals surface area contributed by atoms with E-state index >= 15 is 0 Å².